The molecule has 0 fully saturated rings. The number of hydrogen-bond acceptors (Lipinski definition) is 5. The molecule has 3 aromatic carbocycles. The number of nitrogens with zero attached hydrogens (tertiary/aromatic N) is 1. The van der Waals surface area contributed by atoms with E-state index in [0.717, 1.165) is 30.0 Å². The second kappa shape index (κ2) is 16.8. The molecule has 234 valence electrons. The van der Waals surface area contributed by atoms with Crippen molar-refractivity contribution in [1.29, 1.82) is 0 Å². The number of alkyl carbamates (subject to hydrolysis) is 1. The summed E-state index contributed by atoms with van der Waals surface area (Å²) < 4.78 is 5.50. The van der Waals surface area contributed by atoms with Crippen molar-refractivity contribution in [2.75, 3.05) is 23.9 Å². The minimum absolute atomic E-state index is 0.319. The van der Waals surface area contributed by atoms with Gasteiger partial charge in [0.25, 0.3) is 5.91 Å². The van der Waals surface area contributed by atoms with Gasteiger partial charge < -0.3 is 20.3 Å². The van der Waals surface area contributed by atoms with Crippen LogP contribution < -0.4 is 10.6 Å². The van der Waals surface area contributed by atoms with Crippen molar-refractivity contribution in [1.82, 2.24) is 10.2 Å². The first-order chi connectivity index (χ1) is 21.1. The van der Waals surface area contributed by atoms with Gasteiger partial charge in [-0.15, -0.1) is 6.42 Å². The van der Waals surface area contributed by atoms with Crippen molar-refractivity contribution in [2.45, 2.75) is 77.5 Å². The molecular formula is C36H45N3O4S. The van der Waals surface area contributed by atoms with E-state index in [9.17, 15) is 14.4 Å². The van der Waals surface area contributed by atoms with Crippen molar-refractivity contribution < 1.29 is 19.1 Å². The summed E-state index contributed by atoms with van der Waals surface area (Å²) in [6.07, 6.45) is 11.2. The fourth-order valence-corrected chi connectivity index (χ4v) is 5.49. The summed E-state index contributed by atoms with van der Waals surface area (Å²) >= 11 is 1.57. The molecule has 0 aromatic heterocycles. The molecule has 2 N–H and O–H groups in total. The van der Waals surface area contributed by atoms with Gasteiger partial charge in [-0.05, 0) is 80.2 Å². The number of ether oxygens (including phenoxy) is 1. The number of carbonyl (C=O) groups is 3. The van der Waals surface area contributed by atoms with Crippen LogP contribution in [0.3, 0.4) is 0 Å². The zero-order chi connectivity index (χ0) is 32.1. The van der Waals surface area contributed by atoms with Gasteiger partial charge in [-0.1, -0.05) is 80.6 Å². The molecule has 0 radical (unpaired) electrons. The number of thioether (sulfide) groups is 1. The molecule has 7 nitrogen and oxygen atoms in total. The van der Waals surface area contributed by atoms with Gasteiger partial charge in [-0.25, -0.2) is 4.79 Å². The van der Waals surface area contributed by atoms with Crippen LogP contribution in [0.2, 0.25) is 0 Å². The van der Waals surface area contributed by atoms with Crippen molar-refractivity contribution in [3.63, 3.8) is 0 Å². The Bertz CT molecular complexity index is 1460. The molecule has 3 rings (SSSR count). The van der Waals surface area contributed by atoms with E-state index in [-0.39, 0.29) is 11.8 Å². The van der Waals surface area contributed by atoms with Crippen LogP contribution in [0, 0.1) is 12.3 Å². The lowest BCUT2D eigenvalue weighted by molar-refractivity contribution is -0.141. The van der Waals surface area contributed by atoms with E-state index >= 15 is 0 Å². The molecule has 0 saturated heterocycles. The summed E-state index contributed by atoms with van der Waals surface area (Å²) in [5.74, 6) is 2.59. The standard InChI is InChI=1S/C36H45N3O4S/c1-7-9-10-15-23-39(34(41)31(22-24-44-6)38-35(42)43-36(3,4)5)32(30-19-14-13-16-26(30)8-2)33(40)37-29-21-20-27-17-11-12-18-28(27)25-29/h2,11-14,16-21,25,31-32H,7,9-10,15,22-24H2,1,3-6H3,(H,37,40)(H,38,42). The lowest BCUT2D eigenvalue weighted by Crippen LogP contribution is -2.53. The highest BCUT2D eigenvalue weighted by molar-refractivity contribution is 7.98. The molecule has 3 amide bonds. The van der Waals surface area contributed by atoms with E-state index < -0.39 is 23.8 Å². The van der Waals surface area contributed by atoms with Crippen LogP contribution in [-0.2, 0) is 14.3 Å². The van der Waals surface area contributed by atoms with Crippen LogP contribution in [0.15, 0.2) is 66.7 Å². The van der Waals surface area contributed by atoms with Crippen LogP contribution in [0.4, 0.5) is 10.5 Å². The summed E-state index contributed by atoms with van der Waals surface area (Å²) in [4.78, 5) is 43.2. The molecule has 2 atom stereocenters. The Morgan fingerprint density at radius 3 is 2.36 bits per heavy atom. The van der Waals surface area contributed by atoms with Crippen molar-refractivity contribution in [3.8, 4) is 12.3 Å². The van der Waals surface area contributed by atoms with Crippen LogP contribution in [-0.4, -0.2) is 53.0 Å². The predicted octanol–water partition coefficient (Wildman–Crippen LogP) is 7.56. The first-order valence-electron chi connectivity index (χ1n) is 15.2. The summed E-state index contributed by atoms with van der Waals surface area (Å²) in [7, 11) is 0. The van der Waals surface area contributed by atoms with Crippen molar-refractivity contribution in [3.05, 3.63) is 77.9 Å². The van der Waals surface area contributed by atoms with Gasteiger partial charge in [0, 0.05) is 17.8 Å². The minimum atomic E-state index is -1.03. The van der Waals surface area contributed by atoms with Gasteiger partial charge in [0.2, 0.25) is 5.91 Å². The van der Waals surface area contributed by atoms with E-state index in [2.05, 4.69) is 23.5 Å². The maximum atomic E-state index is 14.5. The van der Waals surface area contributed by atoms with Crippen LogP contribution in [0.25, 0.3) is 10.8 Å². The number of terminal acetylenes is 1. The van der Waals surface area contributed by atoms with Gasteiger partial charge in [0.05, 0.1) is 0 Å². The summed E-state index contributed by atoms with van der Waals surface area (Å²) in [5.41, 5.74) is 0.961. The summed E-state index contributed by atoms with van der Waals surface area (Å²) in [6.45, 7) is 7.76. The SMILES string of the molecule is C#Cc1ccccc1C(C(=O)Nc1ccc2ccccc2c1)N(CCCCCC)C(=O)C(CCSC)NC(=O)OC(C)(C)C. The number of unbranched alkanes of at least 4 members (excludes halogenated alkanes) is 3. The molecular weight excluding hydrogens is 570 g/mol. The highest BCUT2D eigenvalue weighted by Crippen LogP contribution is 2.29. The summed E-state index contributed by atoms with van der Waals surface area (Å²) in [5, 5.41) is 7.89. The highest BCUT2D eigenvalue weighted by atomic mass is 32.2. The van der Waals surface area contributed by atoms with Crippen LogP contribution in [0.1, 0.15) is 77.0 Å². The van der Waals surface area contributed by atoms with E-state index in [0.29, 0.717) is 42.0 Å². The first-order valence-corrected chi connectivity index (χ1v) is 16.6. The molecule has 44 heavy (non-hydrogen) atoms. The van der Waals surface area contributed by atoms with E-state index in [1.54, 1.807) is 49.6 Å². The molecule has 0 saturated carbocycles. The van der Waals surface area contributed by atoms with Crippen molar-refractivity contribution >= 4 is 46.1 Å². The molecule has 8 heteroatoms. The Balaban J connectivity index is 2.07. The largest absolute Gasteiger partial charge is 0.444 e. The number of hydrogen-bond donors (Lipinski definition) is 2. The molecule has 0 bridgehead atoms. The van der Waals surface area contributed by atoms with Gasteiger partial charge in [0.15, 0.2) is 0 Å². The third kappa shape index (κ3) is 10.1. The molecule has 0 aliphatic heterocycles. The lowest BCUT2D eigenvalue weighted by atomic mass is 9.96. The molecule has 3 aromatic rings. The number of rotatable bonds is 14. The number of nitrogens with one attached hydrogen (secondary N) is 2. The molecule has 2 unspecified atom stereocenters. The average molecular weight is 616 g/mol. The molecule has 0 aliphatic carbocycles. The quantitative estimate of drug-likeness (QED) is 0.144. The number of carbonyl (C=O) groups excluding carboxylic acids is 3. The number of anilines is 1. The fraction of sp³-hybridized carbons (Fsp3) is 0.417. The van der Waals surface area contributed by atoms with Crippen LogP contribution >= 0.6 is 11.8 Å². The number of benzene rings is 3. The van der Waals surface area contributed by atoms with E-state index in [4.69, 9.17) is 11.2 Å². The van der Waals surface area contributed by atoms with Gasteiger partial charge in [-0.2, -0.15) is 11.8 Å². The minimum Gasteiger partial charge on any atom is -0.444 e. The fourth-order valence-electron chi connectivity index (χ4n) is 5.01. The molecule has 0 aliphatic rings. The van der Waals surface area contributed by atoms with Gasteiger partial charge in [-0.3, -0.25) is 9.59 Å². The Morgan fingerprint density at radius 1 is 0.977 bits per heavy atom. The maximum Gasteiger partial charge on any atom is 0.408 e. The van der Waals surface area contributed by atoms with E-state index in [1.165, 1.54) is 0 Å². The van der Waals surface area contributed by atoms with Gasteiger partial charge >= 0.3 is 6.09 Å². The summed E-state index contributed by atoms with van der Waals surface area (Å²) in [6, 6.07) is 18.9. The zero-order valence-corrected chi connectivity index (χ0v) is 27.3. The average Bonchev–Trinajstić information content (AvgIpc) is 2.99. The molecule has 0 heterocycles. The van der Waals surface area contributed by atoms with Crippen molar-refractivity contribution in [2.24, 2.45) is 0 Å². The Kier molecular flexibility index (Phi) is 13.2. The normalized spacial score (nSPS) is 12.5. The smallest absolute Gasteiger partial charge is 0.408 e. The third-order valence-electron chi connectivity index (χ3n) is 7.12. The maximum absolute atomic E-state index is 14.5. The first kappa shape index (κ1) is 34.5. The zero-order valence-electron chi connectivity index (χ0n) is 26.5. The number of amides is 3. The predicted molar refractivity (Wildman–Crippen MR) is 182 cm³/mol. The topological polar surface area (TPSA) is 87.7 Å². The van der Waals surface area contributed by atoms with Gasteiger partial charge in [0.1, 0.15) is 17.7 Å². The third-order valence-corrected chi connectivity index (χ3v) is 7.77. The number of fused-ring (bicyclic) bond motifs is 1. The van der Waals surface area contributed by atoms with Crippen LogP contribution in [0.5, 0.6) is 0 Å². The Hall–Kier alpha value is -3.96. The Labute approximate surface area is 266 Å². The second-order valence-electron chi connectivity index (χ2n) is 11.8. The van der Waals surface area contributed by atoms with E-state index in [1.807, 2.05) is 60.9 Å². The highest BCUT2D eigenvalue weighted by Gasteiger charge is 2.37. The monoisotopic (exact) mass is 615 g/mol. The lowest BCUT2D eigenvalue weighted by Gasteiger charge is -2.35. The Morgan fingerprint density at radius 2 is 1.68 bits per heavy atom. The second-order valence-corrected chi connectivity index (χ2v) is 12.7. The molecule has 0 spiro atoms.